The SMILES string of the molecule is NC(=O)c1ccc(Nc2ncc(-c3nnc(C(F)(F)F)o3)c(N)n2)cc1Cl.OCCc1ccccc1. The van der Waals surface area contributed by atoms with Gasteiger partial charge in [-0.3, -0.25) is 4.79 Å². The molecule has 0 saturated carbocycles. The van der Waals surface area contributed by atoms with Gasteiger partial charge in [0.1, 0.15) is 5.82 Å². The second kappa shape index (κ2) is 11.5. The highest BCUT2D eigenvalue weighted by atomic mass is 35.5. The average molecular weight is 522 g/mol. The van der Waals surface area contributed by atoms with E-state index in [1.165, 1.54) is 23.8 Å². The lowest BCUT2D eigenvalue weighted by atomic mass is 10.2. The number of benzene rings is 2. The smallest absolute Gasteiger partial charge is 0.412 e. The summed E-state index contributed by atoms with van der Waals surface area (Å²) in [6.07, 6.45) is -2.89. The molecule has 6 N–H and O–H groups in total. The van der Waals surface area contributed by atoms with Crippen LogP contribution in [0.1, 0.15) is 21.8 Å². The number of anilines is 3. The molecule has 10 nitrogen and oxygen atoms in total. The summed E-state index contributed by atoms with van der Waals surface area (Å²) >= 11 is 5.94. The van der Waals surface area contributed by atoms with Crippen LogP contribution in [0.4, 0.5) is 30.6 Å². The molecule has 36 heavy (non-hydrogen) atoms. The Bertz CT molecular complexity index is 1330. The molecule has 0 saturated heterocycles. The summed E-state index contributed by atoms with van der Waals surface area (Å²) in [5.41, 5.74) is 12.6. The Hall–Kier alpha value is -4.23. The molecule has 0 fully saturated rings. The molecule has 0 unspecified atom stereocenters. The quantitative estimate of drug-likeness (QED) is 0.294. The van der Waals surface area contributed by atoms with Gasteiger partial charge in [0, 0.05) is 18.5 Å². The summed E-state index contributed by atoms with van der Waals surface area (Å²) in [4.78, 5) is 19.0. The van der Waals surface area contributed by atoms with E-state index in [9.17, 15) is 18.0 Å². The van der Waals surface area contributed by atoms with Gasteiger partial charge in [-0.2, -0.15) is 18.2 Å². The number of amides is 1. The zero-order valence-electron chi connectivity index (χ0n) is 18.3. The number of alkyl halides is 3. The molecule has 14 heteroatoms. The van der Waals surface area contributed by atoms with Crippen molar-refractivity contribution in [3.63, 3.8) is 0 Å². The highest BCUT2D eigenvalue weighted by Crippen LogP contribution is 2.32. The van der Waals surface area contributed by atoms with Crippen LogP contribution in [0.2, 0.25) is 5.02 Å². The van der Waals surface area contributed by atoms with Crippen LogP contribution in [-0.2, 0) is 12.6 Å². The van der Waals surface area contributed by atoms with Crippen molar-refractivity contribution in [1.29, 1.82) is 0 Å². The number of nitrogen functional groups attached to an aromatic ring is 1. The molecule has 0 bridgehead atoms. The van der Waals surface area contributed by atoms with Gasteiger partial charge in [-0.15, -0.1) is 10.2 Å². The Morgan fingerprint density at radius 2 is 1.86 bits per heavy atom. The van der Waals surface area contributed by atoms with E-state index >= 15 is 0 Å². The van der Waals surface area contributed by atoms with Crippen LogP contribution in [0.5, 0.6) is 0 Å². The number of hydrogen-bond acceptors (Lipinski definition) is 9. The standard InChI is InChI=1S/C14H9ClF3N7O2.C8H10O/c15-8-3-5(1-2-6(8)10(20)26)22-13-21-4-7(9(19)23-13)11-24-25-12(27-11)14(16,17)18;9-7-6-8-4-2-1-3-5-8/h1-4H,(H2,20,26)(H3,19,21,22,23);1-5,9H,6-7H2. The van der Waals surface area contributed by atoms with Gasteiger partial charge < -0.3 is 26.3 Å². The van der Waals surface area contributed by atoms with Gasteiger partial charge in [0.25, 0.3) is 5.89 Å². The zero-order valence-corrected chi connectivity index (χ0v) is 19.1. The summed E-state index contributed by atoms with van der Waals surface area (Å²) in [6.45, 7) is 0.240. The third-order valence-electron chi connectivity index (χ3n) is 4.45. The molecule has 2 aromatic heterocycles. The van der Waals surface area contributed by atoms with Gasteiger partial charge in [0.05, 0.1) is 16.1 Å². The fourth-order valence-corrected chi connectivity index (χ4v) is 3.04. The lowest BCUT2D eigenvalue weighted by molar-refractivity contribution is -0.156. The number of carbonyl (C=O) groups excluding carboxylic acids is 1. The van der Waals surface area contributed by atoms with Gasteiger partial charge in [0.15, 0.2) is 0 Å². The lowest BCUT2D eigenvalue weighted by Crippen LogP contribution is -2.11. The molecule has 0 radical (unpaired) electrons. The van der Waals surface area contributed by atoms with Gasteiger partial charge >= 0.3 is 12.1 Å². The number of aliphatic hydroxyl groups is 1. The minimum Gasteiger partial charge on any atom is -0.412 e. The van der Waals surface area contributed by atoms with E-state index in [1.807, 2.05) is 30.3 Å². The molecular formula is C22H19ClF3N7O3. The monoisotopic (exact) mass is 521 g/mol. The van der Waals surface area contributed by atoms with E-state index < -0.39 is 23.9 Å². The predicted octanol–water partition coefficient (Wildman–Crippen LogP) is 3.84. The van der Waals surface area contributed by atoms with E-state index in [1.54, 1.807) is 0 Å². The Morgan fingerprint density at radius 1 is 1.14 bits per heavy atom. The molecule has 0 aliphatic heterocycles. The third-order valence-corrected chi connectivity index (χ3v) is 4.76. The first kappa shape index (κ1) is 26.4. The van der Waals surface area contributed by atoms with Crippen molar-refractivity contribution >= 4 is 35.0 Å². The summed E-state index contributed by atoms with van der Waals surface area (Å²) in [5.74, 6) is -2.84. The summed E-state index contributed by atoms with van der Waals surface area (Å²) in [7, 11) is 0. The van der Waals surface area contributed by atoms with Crippen LogP contribution in [-0.4, -0.2) is 37.8 Å². The van der Waals surface area contributed by atoms with Crippen LogP contribution >= 0.6 is 11.6 Å². The Kier molecular flexibility index (Phi) is 8.40. The largest absolute Gasteiger partial charge is 0.470 e. The van der Waals surface area contributed by atoms with Crippen LogP contribution in [0.25, 0.3) is 11.5 Å². The highest BCUT2D eigenvalue weighted by molar-refractivity contribution is 6.34. The Balaban J connectivity index is 0.000000338. The molecule has 0 aliphatic carbocycles. The van der Waals surface area contributed by atoms with Crippen molar-refractivity contribution in [2.75, 3.05) is 17.7 Å². The first-order valence-electron chi connectivity index (χ1n) is 10.1. The number of primary amides is 1. The van der Waals surface area contributed by atoms with E-state index in [2.05, 4.69) is 29.9 Å². The maximum atomic E-state index is 12.5. The molecule has 2 aromatic carbocycles. The van der Waals surface area contributed by atoms with Crippen molar-refractivity contribution in [3.8, 4) is 11.5 Å². The fraction of sp³-hybridized carbons (Fsp3) is 0.136. The molecule has 4 aromatic rings. The van der Waals surface area contributed by atoms with Crippen molar-refractivity contribution < 1.29 is 27.5 Å². The number of aromatic nitrogens is 4. The molecule has 2 heterocycles. The molecular weight excluding hydrogens is 503 g/mol. The predicted molar refractivity (Wildman–Crippen MR) is 125 cm³/mol. The van der Waals surface area contributed by atoms with Crippen molar-refractivity contribution in [2.24, 2.45) is 5.73 Å². The molecule has 188 valence electrons. The van der Waals surface area contributed by atoms with Crippen LogP contribution in [0.3, 0.4) is 0 Å². The fourth-order valence-electron chi connectivity index (χ4n) is 2.76. The van der Waals surface area contributed by atoms with Gasteiger partial charge in [-0.05, 0) is 30.2 Å². The maximum Gasteiger partial charge on any atom is 0.470 e. The second-order valence-electron chi connectivity index (χ2n) is 7.05. The van der Waals surface area contributed by atoms with Crippen molar-refractivity contribution in [2.45, 2.75) is 12.6 Å². The number of hydrogen-bond donors (Lipinski definition) is 4. The van der Waals surface area contributed by atoms with Crippen LogP contribution in [0, 0.1) is 0 Å². The van der Waals surface area contributed by atoms with Crippen LogP contribution < -0.4 is 16.8 Å². The van der Waals surface area contributed by atoms with E-state index in [4.69, 9.17) is 28.2 Å². The summed E-state index contributed by atoms with van der Waals surface area (Å²) in [5, 5.41) is 17.6. The van der Waals surface area contributed by atoms with Crippen molar-refractivity contribution in [3.05, 3.63) is 76.8 Å². The maximum absolute atomic E-state index is 12.5. The normalized spacial score (nSPS) is 10.9. The van der Waals surface area contributed by atoms with Gasteiger partial charge in [0.2, 0.25) is 11.9 Å². The van der Waals surface area contributed by atoms with Gasteiger partial charge in [-0.25, -0.2) is 4.98 Å². The minimum absolute atomic E-state index is 0.0229. The number of nitrogens with zero attached hydrogens (tertiary/aromatic N) is 4. The third kappa shape index (κ3) is 6.90. The summed E-state index contributed by atoms with van der Waals surface area (Å²) in [6, 6.07) is 14.3. The molecule has 4 rings (SSSR count). The van der Waals surface area contributed by atoms with E-state index in [0.717, 1.165) is 12.6 Å². The first-order chi connectivity index (χ1) is 17.1. The number of aliphatic hydroxyl groups excluding tert-OH is 1. The number of halogens is 4. The lowest BCUT2D eigenvalue weighted by Gasteiger charge is -2.08. The molecule has 0 atom stereocenters. The Labute approximate surface area is 207 Å². The zero-order chi connectivity index (χ0) is 26.3. The molecule has 0 spiro atoms. The van der Waals surface area contributed by atoms with Crippen LogP contribution in [0.15, 0.2) is 59.1 Å². The van der Waals surface area contributed by atoms with Gasteiger partial charge in [-0.1, -0.05) is 41.9 Å². The molecule has 1 amide bonds. The topological polar surface area (TPSA) is 166 Å². The summed E-state index contributed by atoms with van der Waals surface area (Å²) < 4.78 is 42.1. The number of nitrogens with two attached hydrogens (primary N) is 2. The number of nitrogens with one attached hydrogen (secondary N) is 1. The highest BCUT2D eigenvalue weighted by Gasteiger charge is 2.38. The average Bonchev–Trinajstić information content (AvgIpc) is 3.31. The van der Waals surface area contributed by atoms with Crippen molar-refractivity contribution in [1.82, 2.24) is 20.2 Å². The second-order valence-corrected chi connectivity index (χ2v) is 7.45. The van der Waals surface area contributed by atoms with E-state index in [0.29, 0.717) is 5.69 Å². The number of carbonyl (C=O) groups is 1. The first-order valence-corrected chi connectivity index (χ1v) is 10.5. The minimum atomic E-state index is -4.78. The molecule has 0 aliphatic rings. The Morgan fingerprint density at radius 3 is 2.42 bits per heavy atom. The number of rotatable bonds is 6. The van der Waals surface area contributed by atoms with E-state index in [-0.39, 0.29) is 34.5 Å².